The number of nitrogens with zero attached hydrogens (tertiary/aromatic N) is 3. The van der Waals surface area contributed by atoms with E-state index in [-0.39, 0.29) is 6.04 Å². The maximum absolute atomic E-state index is 13.0. The summed E-state index contributed by atoms with van der Waals surface area (Å²) in [5.74, 6) is 2.49. The lowest BCUT2D eigenvalue weighted by molar-refractivity contribution is 0.159. The Kier molecular flexibility index (Phi) is 4.85. The van der Waals surface area contributed by atoms with Crippen LogP contribution < -0.4 is 30.7 Å². The number of aromatic nitrogens is 3. The van der Waals surface area contributed by atoms with Crippen molar-refractivity contribution in [1.29, 1.82) is 0 Å². The summed E-state index contributed by atoms with van der Waals surface area (Å²) >= 11 is 0. The number of ether oxygens (including phenoxy) is 2. The third-order valence-corrected chi connectivity index (χ3v) is 5.22. The Hall–Kier alpha value is -3.76. The standard InChI is InChI=1S/C20H22FN7O3/c1-22-17-9-16(25-13-3-2-4-15-18(13)31-6-5-30-15)27-19-14(10-23-28(17)19)26-20(29)24-12-7-11(21)8-12/h2-4,9-12,22H,5-8H2,1H3,(H,25,27)(H2,24,26,29). The van der Waals surface area contributed by atoms with Crippen LogP contribution in [-0.4, -0.2) is 53.1 Å². The van der Waals surface area contributed by atoms with E-state index in [0.717, 1.165) is 0 Å². The molecule has 1 fully saturated rings. The predicted molar refractivity (Wildman–Crippen MR) is 113 cm³/mol. The van der Waals surface area contributed by atoms with Gasteiger partial charge in [-0.2, -0.15) is 9.61 Å². The van der Waals surface area contributed by atoms with Crippen LogP contribution in [0.5, 0.6) is 11.5 Å². The van der Waals surface area contributed by atoms with E-state index in [9.17, 15) is 9.18 Å². The highest BCUT2D eigenvalue weighted by molar-refractivity contribution is 5.93. The van der Waals surface area contributed by atoms with Gasteiger partial charge in [-0.3, -0.25) is 0 Å². The smallest absolute Gasteiger partial charge is 0.319 e. The fourth-order valence-corrected chi connectivity index (χ4v) is 3.61. The van der Waals surface area contributed by atoms with Crippen molar-refractivity contribution in [1.82, 2.24) is 19.9 Å². The molecule has 3 heterocycles. The molecule has 11 heteroatoms. The minimum absolute atomic E-state index is 0.152. The lowest BCUT2D eigenvalue weighted by Gasteiger charge is -2.30. The minimum Gasteiger partial charge on any atom is -0.486 e. The Morgan fingerprint density at radius 1 is 1.23 bits per heavy atom. The van der Waals surface area contributed by atoms with Gasteiger partial charge in [0.05, 0.1) is 11.9 Å². The number of para-hydroxylation sites is 1. The lowest BCUT2D eigenvalue weighted by Crippen LogP contribution is -2.46. The van der Waals surface area contributed by atoms with E-state index in [1.54, 1.807) is 17.6 Å². The first-order valence-corrected chi connectivity index (χ1v) is 10.0. The normalized spacial score (nSPS) is 19.4. The van der Waals surface area contributed by atoms with E-state index in [2.05, 4.69) is 31.3 Å². The zero-order chi connectivity index (χ0) is 21.4. The average Bonchev–Trinajstić information content (AvgIpc) is 3.15. The molecule has 4 N–H and O–H groups in total. The van der Waals surface area contributed by atoms with Gasteiger partial charge in [-0.05, 0) is 25.0 Å². The molecule has 0 radical (unpaired) electrons. The number of alkyl halides is 1. The number of fused-ring (bicyclic) bond motifs is 2. The predicted octanol–water partition coefficient (Wildman–Crippen LogP) is 2.91. The molecule has 0 spiro atoms. The van der Waals surface area contributed by atoms with Crippen molar-refractivity contribution in [3.05, 3.63) is 30.5 Å². The van der Waals surface area contributed by atoms with Gasteiger partial charge in [0.2, 0.25) is 0 Å². The zero-order valence-electron chi connectivity index (χ0n) is 16.8. The van der Waals surface area contributed by atoms with Crippen LogP contribution in [0.1, 0.15) is 12.8 Å². The summed E-state index contributed by atoms with van der Waals surface area (Å²) in [6.07, 6.45) is 1.36. The molecule has 1 aliphatic carbocycles. The van der Waals surface area contributed by atoms with E-state index in [1.165, 1.54) is 6.20 Å². The van der Waals surface area contributed by atoms with Crippen LogP contribution >= 0.6 is 0 Å². The number of urea groups is 1. The van der Waals surface area contributed by atoms with Crippen LogP contribution in [0.4, 0.5) is 32.2 Å². The third kappa shape index (κ3) is 3.74. The maximum atomic E-state index is 13.0. The summed E-state index contributed by atoms with van der Waals surface area (Å²) in [5, 5.41) is 16.1. The number of nitrogens with one attached hydrogen (secondary N) is 4. The highest BCUT2D eigenvalue weighted by Crippen LogP contribution is 2.38. The fourth-order valence-electron chi connectivity index (χ4n) is 3.61. The van der Waals surface area contributed by atoms with Crippen molar-refractivity contribution in [2.45, 2.75) is 25.1 Å². The van der Waals surface area contributed by atoms with Crippen LogP contribution in [0.3, 0.4) is 0 Å². The lowest BCUT2D eigenvalue weighted by atomic mass is 9.91. The van der Waals surface area contributed by atoms with Crippen LogP contribution in [0.25, 0.3) is 5.65 Å². The highest BCUT2D eigenvalue weighted by atomic mass is 19.1. The first kappa shape index (κ1) is 19.2. The van der Waals surface area contributed by atoms with Crippen molar-refractivity contribution in [3.63, 3.8) is 0 Å². The van der Waals surface area contributed by atoms with Gasteiger partial charge in [-0.1, -0.05) is 6.07 Å². The molecular weight excluding hydrogens is 405 g/mol. The molecule has 2 amide bonds. The van der Waals surface area contributed by atoms with E-state index >= 15 is 0 Å². The molecule has 0 bridgehead atoms. The third-order valence-electron chi connectivity index (χ3n) is 5.22. The van der Waals surface area contributed by atoms with Crippen LogP contribution in [-0.2, 0) is 0 Å². The van der Waals surface area contributed by atoms with E-state index in [0.29, 0.717) is 66.2 Å². The molecule has 0 saturated heterocycles. The van der Waals surface area contributed by atoms with Crippen LogP contribution in [0.15, 0.2) is 30.5 Å². The SMILES string of the molecule is CNc1cc(Nc2cccc3c2OCCO3)nc2c(NC(=O)NC3CC(F)C3)cnn12. The molecule has 3 aromatic rings. The number of hydrogen-bond donors (Lipinski definition) is 4. The largest absolute Gasteiger partial charge is 0.486 e. The quantitative estimate of drug-likeness (QED) is 0.495. The maximum Gasteiger partial charge on any atom is 0.319 e. The first-order chi connectivity index (χ1) is 15.1. The number of amides is 2. The average molecular weight is 427 g/mol. The molecule has 0 unspecified atom stereocenters. The topological polar surface area (TPSA) is 114 Å². The molecule has 5 rings (SSSR count). The van der Waals surface area contributed by atoms with E-state index < -0.39 is 12.2 Å². The second kappa shape index (κ2) is 7.82. The summed E-state index contributed by atoms with van der Waals surface area (Å²) in [4.78, 5) is 16.9. The molecule has 1 aliphatic heterocycles. The summed E-state index contributed by atoms with van der Waals surface area (Å²) in [5.41, 5.74) is 1.60. The number of benzene rings is 1. The van der Waals surface area contributed by atoms with Gasteiger partial charge in [0.15, 0.2) is 17.1 Å². The van der Waals surface area contributed by atoms with Crippen molar-refractivity contribution in [3.8, 4) is 11.5 Å². The molecule has 2 aromatic heterocycles. The highest BCUT2D eigenvalue weighted by Gasteiger charge is 2.30. The second-order valence-corrected chi connectivity index (χ2v) is 7.39. The Bertz CT molecular complexity index is 1130. The summed E-state index contributed by atoms with van der Waals surface area (Å²) in [6, 6.07) is 6.81. The van der Waals surface area contributed by atoms with Gasteiger partial charge in [0, 0.05) is 19.2 Å². The van der Waals surface area contributed by atoms with Gasteiger partial charge < -0.3 is 30.7 Å². The van der Waals surface area contributed by atoms with Crippen molar-refractivity contribution < 1.29 is 18.7 Å². The second-order valence-electron chi connectivity index (χ2n) is 7.39. The molecule has 10 nitrogen and oxygen atoms in total. The minimum atomic E-state index is -0.839. The number of rotatable bonds is 5. The number of halogens is 1. The Morgan fingerprint density at radius 3 is 2.87 bits per heavy atom. The number of carbonyl (C=O) groups excluding carboxylic acids is 1. The van der Waals surface area contributed by atoms with Gasteiger partial charge in [-0.25, -0.2) is 14.2 Å². The molecular formula is C20H22FN7O3. The van der Waals surface area contributed by atoms with Crippen molar-refractivity contribution in [2.75, 3.05) is 36.2 Å². The van der Waals surface area contributed by atoms with Gasteiger partial charge in [0.1, 0.15) is 36.7 Å². The van der Waals surface area contributed by atoms with Gasteiger partial charge in [0.25, 0.3) is 0 Å². The Balaban J connectivity index is 1.42. The zero-order valence-corrected chi connectivity index (χ0v) is 16.8. The van der Waals surface area contributed by atoms with Gasteiger partial charge >= 0.3 is 6.03 Å². The Morgan fingerprint density at radius 2 is 2.06 bits per heavy atom. The van der Waals surface area contributed by atoms with Gasteiger partial charge in [-0.15, -0.1) is 0 Å². The van der Waals surface area contributed by atoms with Crippen molar-refractivity contribution in [2.24, 2.45) is 0 Å². The molecule has 1 saturated carbocycles. The number of hydrogen-bond acceptors (Lipinski definition) is 7. The first-order valence-electron chi connectivity index (χ1n) is 10.0. The molecule has 2 aliphatic rings. The van der Waals surface area contributed by atoms with E-state index in [1.807, 2.05) is 18.2 Å². The van der Waals surface area contributed by atoms with Crippen molar-refractivity contribution >= 4 is 34.7 Å². The van der Waals surface area contributed by atoms with E-state index in [4.69, 9.17) is 9.47 Å². The molecule has 0 atom stereocenters. The fraction of sp³-hybridized carbons (Fsp3) is 0.350. The molecule has 162 valence electrons. The monoisotopic (exact) mass is 427 g/mol. The van der Waals surface area contributed by atoms with Crippen LogP contribution in [0.2, 0.25) is 0 Å². The number of carbonyl (C=O) groups is 1. The summed E-state index contributed by atoms with van der Waals surface area (Å²) in [7, 11) is 1.77. The molecule has 31 heavy (non-hydrogen) atoms. The summed E-state index contributed by atoms with van der Waals surface area (Å²) in [6.45, 7) is 0.972. The number of anilines is 4. The summed E-state index contributed by atoms with van der Waals surface area (Å²) < 4.78 is 26.0. The molecule has 1 aromatic carbocycles. The van der Waals surface area contributed by atoms with Crippen LogP contribution in [0, 0.1) is 0 Å². The Labute approximate surface area is 177 Å².